The van der Waals surface area contributed by atoms with E-state index in [2.05, 4.69) is 10.6 Å². The molecule has 3 aromatic rings. The molecule has 0 bridgehead atoms. The summed E-state index contributed by atoms with van der Waals surface area (Å²) in [6, 6.07) is 14.0. The summed E-state index contributed by atoms with van der Waals surface area (Å²) in [6.07, 6.45) is 2.33. The maximum absolute atomic E-state index is 10.2. The number of benzene rings is 2. The fraction of sp³-hybridized carbons (Fsp3) is 0.188. The number of fused-ring (bicyclic) bond motifs is 1. The smallest absolute Gasteiger partial charge is 0.149 e. The Bertz CT molecular complexity index is 803. The Labute approximate surface area is 116 Å². The molecule has 0 saturated heterocycles. The Morgan fingerprint density at radius 3 is 2.70 bits per heavy atom. The highest BCUT2D eigenvalue weighted by atomic mass is 16.3. The molecular formula is C16H15N3O. The SMILES string of the molecule is Nc1cccc(-c2nc3ccccc3n2C2CC2)c1O. The van der Waals surface area contributed by atoms with Crippen LogP contribution >= 0.6 is 0 Å². The number of para-hydroxylation sites is 3. The Kier molecular flexibility index (Phi) is 2.27. The minimum Gasteiger partial charge on any atom is -0.505 e. The summed E-state index contributed by atoms with van der Waals surface area (Å²) in [6.45, 7) is 0. The zero-order valence-electron chi connectivity index (χ0n) is 11.0. The molecule has 1 aliphatic rings. The Balaban J connectivity index is 2.04. The van der Waals surface area contributed by atoms with Crippen LogP contribution in [0.15, 0.2) is 42.5 Å². The van der Waals surface area contributed by atoms with Gasteiger partial charge in [-0.2, -0.15) is 0 Å². The van der Waals surface area contributed by atoms with E-state index >= 15 is 0 Å². The van der Waals surface area contributed by atoms with Crippen molar-refractivity contribution in [3.63, 3.8) is 0 Å². The molecule has 4 heteroatoms. The van der Waals surface area contributed by atoms with E-state index in [9.17, 15) is 5.11 Å². The van der Waals surface area contributed by atoms with Gasteiger partial charge in [-0.3, -0.25) is 0 Å². The molecule has 0 radical (unpaired) electrons. The fourth-order valence-electron chi connectivity index (χ4n) is 2.68. The van der Waals surface area contributed by atoms with Crippen molar-refractivity contribution < 1.29 is 5.11 Å². The molecule has 1 heterocycles. The number of nitrogens with two attached hydrogens (primary N) is 1. The van der Waals surface area contributed by atoms with E-state index in [1.54, 1.807) is 6.07 Å². The van der Waals surface area contributed by atoms with Gasteiger partial charge in [0.25, 0.3) is 0 Å². The van der Waals surface area contributed by atoms with Crippen LogP contribution in [0.1, 0.15) is 18.9 Å². The zero-order valence-corrected chi connectivity index (χ0v) is 11.0. The van der Waals surface area contributed by atoms with Crippen LogP contribution in [0.2, 0.25) is 0 Å². The second kappa shape index (κ2) is 4.00. The van der Waals surface area contributed by atoms with E-state index in [0.29, 0.717) is 17.3 Å². The fourth-order valence-corrected chi connectivity index (χ4v) is 2.68. The van der Waals surface area contributed by atoms with Crippen LogP contribution in [-0.4, -0.2) is 14.7 Å². The number of nitrogens with zero attached hydrogens (tertiary/aromatic N) is 2. The lowest BCUT2D eigenvalue weighted by molar-refractivity contribution is 0.479. The normalized spacial score (nSPS) is 14.8. The van der Waals surface area contributed by atoms with E-state index in [1.165, 1.54) is 0 Å². The Morgan fingerprint density at radius 1 is 1.10 bits per heavy atom. The molecule has 1 saturated carbocycles. The van der Waals surface area contributed by atoms with Gasteiger partial charge in [0, 0.05) is 6.04 Å². The summed E-state index contributed by atoms with van der Waals surface area (Å²) in [5, 5.41) is 10.2. The highest BCUT2D eigenvalue weighted by Crippen LogP contribution is 2.43. The molecule has 0 amide bonds. The second-order valence-corrected chi connectivity index (χ2v) is 5.27. The average Bonchev–Trinajstić information content (AvgIpc) is 3.22. The Morgan fingerprint density at radius 2 is 1.90 bits per heavy atom. The van der Waals surface area contributed by atoms with Crippen LogP contribution in [0.4, 0.5) is 5.69 Å². The first-order valence-electron chi connectivity index (χ1n) is 6.80. The maximum Gasteiger partial charge on any atom is 0.149 e. The number of rotatable bonds is 2. The lowest BCUT2D eigenvalue weighted by Crippen LogP contribution is -1.98. The van der Waals surface area contributed by atoms with E-state index in [4.69, 9.17) is 10.7 Å². The van der Waals surface area contributed by atoms with E-state index in [1.807, 2.05) is 30.3 Å². The number of phenols is 1. The molecule has 0 spiro atoms. The largest absolute Gasteiger partial charge is 0.505 e. The summed E-state index contributed by atoms with van der Waals surface area (Å²) >= 11 is 0. The standard InChI is InChI=1S/C16H15N3O/c17-12-5-3-4-11(15(12)20)16-18-13-6-1-2-7-14(13)19(16)10-8-9-10/h1-7,10,20H,8-9,17H2. The van der Waals surface area contributed by atoms with Crippen LogP contribution in [0, 0.1) is 0 Å². The van der Waals surface area contributed by atoms with Crippen LogP contribution in [0.3, 0.4) is 0 Å². The first-order valence-corrected chi connectivity index (χ1v) is 6.80. The van der Waals surface area contributed by atoms with Crippen LogP contribution < -0.4 is 5.73 Å². The maximum atomic E-state index is 10.2. The van der Waals surface area contributed by atoms with Gasteiger partial charge < -0.3 is 15.4 Å². The highest BCUT2D eigenvalue weighted by Gasteiger charge is 2.29. The van der Waals surface area contributed by atoms with Crippen molar-refractivity contribution in [3.8, 4) is 17.1 Å². The van der Waals surface area contributed by atoms with Gasteiger partial charge in [0.2, 0.25) is 0 Å². The van der Waals surface area contributed by atoms with Crippen LogP contribution in [0.5, 0.6) is 5.75 Å². The van der Waals surface area contributed by atoms with E-state index in [0.717, 1.165) is 29.7 Å². The molecule has 0 unspecified atom stereocenters. The summed E-state index contributed by atoms with van der Waals surface area (Å²) in [4.78, 5) is 4.69. The molecule has 2 aromatic carbocycles. The molecule has 0 aliphatic heterocycles. The minimum atomic E-state index is 0.115. The first-order chi connectivity index (χ1) is 9.75. The number of nitrogen functional groups attached to an aromatic ring is 1. The van der Waals surface area contributed by atoms with Crippen molar-refractivity contribution in [2.24, 2.45) is 0 Å². The Hall–Kier alpha value is -2.49. The van der Waals surface area contributed by atoms with Gasteiger partial charge in [0.05, 0.1) is 22.3 Å². The van der Waals surface area contributed by atoms with E-state index < -0.39 is 0 Å². The predicted octanol–water partition coefficient (Wildman–Crippen LogP) is 3.33. The zero-order chi connectivity index (χ0) is 13.7. The molecule has 1 aromatic heterocycles. The number of phenolic OH excluding ortho intramolecular Hbond substituents is 1. The summed E-state index contributed by atoms with van der Waals surface area (Å²) in [7, 11) is 0. The number of hydrogen-bond donors (Lipinski definition) is 2. The van der Waals surface area contributed by atoms with E-state index in [-0.39, 0.29) is 5.75 Å². The minimum absolute atomic E-state index is 0.115. The average molecular weight is 265 g/mol. The number of hydrogen-bond acceptors (Lipinski definition) is 3. The molecule has 4 nitrogen and oxygen atoms in total. The van der Waals surface area contributed by atoms with Crippen molar-refractivity contribution in [2.45, 2.75) is 18.9 Å². The van der Waals surface area contributed by atoms with Gasteiger partial charge in [-0.05, 0) is 37.1 Å². The molecule has 3 N–H and O–H groups in total. The van der Waals surface area contributed by atoms with Gasteiger partial charge in [0.15, 0.2) is 0 Å². The highest BCUT2D eigenvalue weighted by molar-refractivity contribution is 5.83. The molecule has 20 heavy (non-hydrogen) atoms. The van der Waals surface area contributed by atoms with Crippen molar-refractivity contribution >= 4 is 16.7 Å². The molecule has 4 rings (SSSR count). The molecule has 1 fully saturated rings. The molecular weight excluding hydrogens is 250 g/mol. The van der Waals surface area contributed by atoms with Gasteiger partial charge in [-0.1, -0.05) is 18.2 Å². The monoisotopic (exact) mass is 265 g/mol. The molecule has 1 aliphatic carbocycles. The van der Waals surface area contributed by atoms with Crippen molar-refractivity contribution in [1.82, 2.24) is 9.55 Å². The quantitative estimate of drug-likeness (QED) is 0.552. The van der Waals surface area contributed by atoms with Gasteiger partial charge in [-0.15, -0.1) is 0 Å². The predicted molar refractivity (Wildman–Crippen MR) is 79.5 cm³/mol. The summed E-state index contributed by atoms with van der Waals surface area (Å²) in [5.41, 5.74) is 8.97. The number of aromatic hydroxyl groups is 1. The summed E-state index contributed by atoms with van der Waals surface area (Å²) < 4.78 is 2.23. The number of imidazole rings is 1. The van der Waals surface area contributed by atoms with Crippen LogP contribution in [-0.2, 0) is 0 Å². The van der Waals surface area contributed by atoms with Crippen molar-refractivity contribution in [3.05, 3.63) is 42.5 Å². The third-order valence-corrected chi connectivity index (χ3v) is 3.82. The second-order valence-electron chi connectivity index (χ2n) is 5.27. The summed E-state index contributed by atoms with van der Waals surface area (Å²) in [5.74, 6) is 0.920. The lowest BCUT2D eigenvalue weighted by atomic mass is 10.1. The van der Waals surface area contributed by atoms with Crippen LogP contribution in [0.25, 0.3) is 22.4 Å². The van der Waals surface area contributed by atoms with Gasteiger partial charge in [-0.25, -0.2) is 4.98 Å². The molecule has 0 atom stereocenters. The van der Waals surface area contributed by atoms with Gasteiger partial charge in [0.1, 0.15) is 11.6 Å². The first kappa shape index (κ1) is 11.3. The lowest BCUT2D eigenvalue weighted by Gasteiger charge is -2.10. The number of aromatic nitrogens is 2. The molecule has 100 valence electrons. The van der Waals surface area contributed by atoms with Gasteiger partial charge >= 0.3 is 0 Å². The van der Waals surface area contributed by atoms with Crippen molar-refractivity contribution in [1.29, 1.82) is 0 Å². The third-order valence-electron chi connectivity index (χ3n) is 3.82. The topological polar surface area (TPSA) is 64.1 Å². The number of anilines is 1. The van der Waals surface area contributed by atoms with Crippen molar-refractivity contribution in [2.75, 3.05) is 5.73 Å². The third kappa shape index (κ3) is 1.58.